The van der Waals surface area contributed by atoms with E-state index in [-0.39, 0.29) is 0 Å². The number of halogens is 1. The zero-order valence-electron chi connectivity index (χ0n) is 24.8. The van der Waals surface area contributed by atoms with E-state index in [1.165, 1.54) is 23.7 Å². The van der Waals surface area contributed by atoms with Crippen LogP contribution in [0.3, 0.4) is 0 Å². The van der Waals surface area contributed by atoms with Gasteiger partial charge in [0.15, 0.2) is 0 Å². The van der Waals surface area contributed by atoms with Crippen molar-refractivity contribution in [3.63, 3.8) is 0 Å². The summed E-state index contributed by atoms with van der Waals surface area (Å²) >= 11 is 2.42. The smallest absolute Gasteiger partial charge is 0.119 e. The first-order chi connectivity index (χ1) is 20.4. The van der Waals surface area contributed by atoms with Crippen molar-refractivity contribution in [1.29, 1.82) is 0 Å². The maximum atomic E-state index is 5.55. The lowest BCUT2D eigenvalue weighted by Crippen LogP contribution is -2.15. The molecule has 0 heterocycles. The number of ether oxygens (including phenoxy) is 10. The molecule has 0 spiro atoms. The van der Waals surface area contributed by atoms with Gasteiger partial charge in [0.05, 0.1) is 112 Å². The summed E-state index contributed by atoms with van der Waals surface area (Å²) in [5, 5.41) is 0. The Morgan fingerprint density at radius 1 is 0.341 bits per heavy atom. The number of benzene rings is 1. The summed E-state index contributed by atoms with van der Waals surface area (Å²) < 4.78 is 56.2. The van der Waals surface area contributed by atoms with Crippen molar-refractivity contribution < 1.29 is 47.4 Å². The van der Waals surface area contributed by atoms with Gasteiger partial charge in [0.25, 0.3) is 0 Å². The van der Waals surface area contributed by atoms with Crippen LogP contribution in [0.1, 0.15) is 25.7 Å². The molecule has 1 rings (SSSR count). The maximum absolute atomic E-state index is 5.55. The lowest BCUT2D eigenvalue weighted by atomic mass is 10.2. The highest BCUT2D eigenvalue weighted by Gasteiger charge is 1.97. The fourth-order valence-corrected chi connectivity index (χ4v) is 3.79. The Morgan fingerprint density at radius 2 is 0.659 bits per heavy atom. The minimum Gasteiger partial charge on any atom is -0.491 e. The molecule has 41 heavy (non-hydrogen) atoms. The van der Waals surface area contributed by atoms with Crippen LogP contribution in [0.15, 0.2) is 30.3 Å². The van der Waals surface area contributed by atoms with E-state index in [0.29, 0.717) is 119 Å². The molecular weight excluding hydrogens is 647 g/mol. The van der Waals surface area contributed by atoms with Gasteiger partial charge in [-0.25, -0.2) is 0 Å². The standard InChI is InChI=1S/C30H53IO10/c31-10-6-1-2-7-11-32-12-13-33-14-15-34-16-17-35-18-19-36-20-21-37-22-23-38-24-25-39-26-27-40-28-29-41-30-8-4-3-5-9-30/h3-5,8-9H,1-2,6-7,10-29H2. The summed E-state index contributed by atoms with van der Waals surface area (Å²) in [6.07, 6.45) is 4.99. The van der Waals surface area contributed by atoms with E-state index in [4.69, 9.17) is 47.4 Å². The van der Waals surface area contributed by atoms with Crippen LogP contribution >= 0.6 is 22.6 Å². The third-order valence-corrected chi connectivity index (χ3v) is 6.15. The van der Waals surface area contributed by atoms with Gasteiger partial charge in [-0.05, 0) is 29.4 Å². The Morgan fingerprint density at radius 3 is 1.02 bits per heavy atom. The molecule has 0 atom stereocenters. The lowest BCUT2D eigenvalue weighted by Gasteiger charge is -2.09. The second kappa shape index (κ2) is 33.9. The van der Waals surface area contributed by atoms with Crippen LogP contribution < -0.4 is 4.74 Å². The predicted molar refractivity (Wildman–Crippen MR) is 167 cm³/mol. The van der Waals surface area contributed by atoms with Gasteiger partial charge in [-0.15, -0.1) is 0 Å². The monoisotopic (exact) mass is 700 g/mol. The number of alkyl halides is 1. The van der Waals surface area contributed by atoms with E-state index in [1.807, 2.05) is 30.3 Å². The molecule has 11 heteroatoms. The number of hydrogen-bond acceptors (Lipinski definition) is 10. The average Bonchev–Trinajstić information content (AvgIpc) is 3.00. The van der Waals surface area contributed by atoms with E-state index in [9.17, 15) is 0 Å². The van der Waals surface area contributed by atoms with Crippen LogP contribution in [0.5, 0.6) is 5.75 Å². The molecule has 0 N–H and O–H groups in total. The molecule has 1 aromatic rings. The Kier molecular flexibility index (Phi) is 31.8. The molecule has 10 nitrogen and oxygen atoms in total. The first kappa shape index (κ1) is 38.4. The highest BCUT2D eigenvalue weighted by atomic mass is 127. The van der Waals surface area contributed by atoms with E-state index in [2.05, 4.69) is 22.6 Å². The highest BCUT2D eigenvalue weighted by Crippen LogP contribution is 2.07. The van der Waals surface area contributed by atoms with Crippen molar-refractivity contribution in [3.8, 4) is 5.75 Å². The van der Waals surface area contributed by atoms with E-state index in [0.717, 1.165) is 18.8 Å². The van der Waals surface area contributed by atoms with Crippen LogP contribution in [-0.4, -0.2) is 130 Å². The first-order valence-corrected chi connectivity index (χ1v) is 16.4. The van der Waals surface area contributed by atoms with Crippen LogP contribution in [0, 0.1) is 0 Å². The molecule has 0 amide bonds. The number of hydrogen-bond donors (Lipinski definition) is 0. The molecule has 0 aliphatic heterocycles. The number of unbranched alkanes of at least 4 members (excludes halogenated alkanes) is 3. The third-order valence-electron chi connectivity index (χ3n) is 5.39. The molecule has 1 aromatic carbocycles. The Bertz CT molecular complexity index is 614. The van der Waals surface area contributed by atoms with Crippen molar-refractivity contribution in [2.75, 3.05) is 130 Å². The summed E-state index contributed by atoms with van der Waals surface area (Å²) in [4.78, 5) is 0. The zero-order valence-corrected chi connectivity index (χ0v) is 27.0. The van der Waals surface area contributed by atoms with Gasteiger partial charge in [0, 0.05) is 6.61 Å². The summed E-state index contributed by atoms with van der Waals surface area (Å²) in [7, 11) is 0. The lowest BCUT2D eigenvalue weighted by molar-refractivity contribution is -0.0254. The van der Waals surface area contributed by atoms with Crippen LogP contribution in [0.2, 0.25) is 0 Å². The molecule has 0 saturated carbocycles. The fraction of sp³-hybridized carbons (Fsp3) is 0.800. The fourth-order valence-electron chi connectivity index (χ4n) is 3.25. The molecule has 0 aliphatic rings. The molecular formula is C30H53IO10. The summed E-state index contributed by atoms with van der Waals surface area (Å²) in [5.41, 5.74) is 0. The second-order valence-electron chi connectivity index (χ2n) is 8.78. The van der Waals surface area contributed by atoms with Gasteiger partial charge in [0.2, 0.25) is 0 Å². The van der Waals surface area contributed by atoms with Crippen LogP contribution in [0.4, 0.5) is 0 Å². The van der Waals surface area contributed by atoms with Gasteiger partial charge >= 0.3 is 0 Å². The maximum Gasteiger partial charge on any atom is 0.119 e. The average molecular weight is 701 g/mol. The Hall–Kier alpha value is -0.610. The SMILES string of the molecule is ICCCCCCOCCOCCOCCOCCOCCOCCOCCOCCOCCOc1ccccc1. The topological polar surface area (TPSA) is 92.3 Å². The molecule has 0 bridgehead atoms. The Balaban J connectivity index is 1.61. The molecule has 0 aromatic heterocycles. The number of rotatable bonds is 34. The molecule has 240 valence electrons. The predicted octanol–water partition coefficient (Wildman–Crippen LogP) is 4.21. The summed E-state index contributed by atoms with van der Waals surface area (Å²) in [5.74, 6) is 0.849. The van der Waals surface area contributed by atoms with Crippen molar-refractivity contribution >= 4 is 22.6 Å². The quantitative estimate of drug-likeness (QED) is 0.0592. The van der Waals surface area contributed by atoms with Gasteiger partial charge < -0.3 is 47.4 Å². The van der Waals surface area contributed by atoms with Crippen LogP contribution in [-0.2, 0) is 42.6 Å². The van der Waals surface area contributed by atoms with E-state index in [1.54, 1.807) is 0 Å². The normalized spacial score (nSPS) is 11.3. The molecule has 0 saturated heterocycles. The van der Waals surface area contributed by atoms with E-state index < -0.39 is 0 Å². The van der Waals surface area contributed by atoms with E-state index >= 15 is 0 Å². The van der Waals surface area contributed by atoms with Gasteiger partial charge in [0.1, 0.15) is 12.4 Å². The second-order valence-corrected chi connectivity index (χ2v) is 9.85. The van der Waals surface area contributed by atoms with Gasteiger partial charge in [-0.1, -0.05) is 53.6 Å². The molecule has 0 radical (unpaired) electrons. The highest BCUT2D eigenvalue weighted by molar-refractivity contribution is 14.1. The van der Waals surface area contributed by atoms with Gasteiger partial charge in [-0.2, -0.15) is 0 Å². The molecule has 0 aliphatic carbocycles. The molecule has 0 fully saturated rings. The van der Waals surface area contributed by atoms with Crippen molar-refractivity contribution in [2.24, 2.45) is 0 Å². The van der Waals surface area contributed by atoms with Crippen molar-refractivity contribution in [3.05, 3.63) is 30.3 Å². The number of para-hydroxylation sites is 1. The van der Waals surface area contributed by atoms with Crippen LogP contribution in [0.25, 0.3) is 0 Å². The van der Waals surface area contributed by atoms with Crippen molar-refractivity contribution in [1.82, 2.24) is 0 Å². The summed E-state index contributed by atoms with van der Waals surface area (Å²) in [6.45, 7) is 10.6. The Labute approximate surface area is 261 Å². The first-order valence-electron chi connectivity index (χ1n) is 14.9. The van der Waals surface area contributed by atoms with Crippen molar-refractivity contribution in [2.45, 2.75) is 25.7 Å². The minimum atomic E-state index is 0.522. The van der Waals surface area contributed by atoms with Gasteiger partial charge in [-0.3, -0.25) is 0 Å². The summed E-state index contributed by atoms with van der Waals surface area (Å²) in [6, 6.07) is 9.69. The third kappa shape index (κ3) is 30.6. The zero-order chi connectivity index (χ0) is 29.2. The largest absolute Gasteiger partial charge is 0.491 e. The molecule has 0 unspecified atom stereocenters. The minimum absolute atomic E-state index is 0.522.